The number of amides is 4. The number of nitrogens with zero attached hydrogens (tertiary/aromatic N) is 1. The average molecular weight is 372 g/mol. The normalized spacial score (nSPS) is 16.5. The summed E-state index contributed by atoms with van der Waals surface area (Å²) in [4.78, 5) is 37.6. The van der Waals surface area contributed by atoms with Crippen LogP contribution in [0.25, 0.3) is 0 Å². The number of urea groups is 1. The fourth-order valence-corrected chi connectivity index (χ4v) is 2.91. The van der Waals surface area contributed by atoms with E-state index in [4.69, 9.17) is 11.6 Å². The molecule has 1 aliphatic heterocycles. The molecule has 1 heterocycles. The first-order chi connectivity index (χ1) is 12.4. The van der Waals surface area contributed by atoms with Crippen LogP contribution in [0.5, 0.6) is 0 Å². The Balaban J connectivity index is 1.61. The molecule has 1 saturated heterocycles. The first-order valence-corrected chi connectivity index (χ1v) is 8.53. The molecule has 0 radical (unpaired) electrons. The molecule has 1 fully saturated rings. The number of hydrogen-bond acceptors (Lipinski definition) is 3. The smallest absolute Gasteiger partial charge is 0.325 e. The highest BCUT2D eigenvalue weighted by molar-refractivity contribution is 6.31. The number of rotatable bonds is 5. The highest BCUT2D eigenvalue weighted by atomic mass is 35.5. The Kier molecular flexibility index (Phi) is 5.23. The zero-order valence-corrected chi connectivity index (χ0v) is 14.9. The van der Waals surface area contributed by atoms with Gasteiger partial charge in [0.05, 0.1) is 0 Å². The lowest BCUT2D eigenvalue weighted by Crippen LogP contribution is -2.38. The molecule has 4 amide bonds. The minimum Gasteiger partial charge on any atom is -0.325 e. The largest absolute Gasteiger partial charge is 0.325 e. The molecule has 0 spiro atoms. The lowest BCUT2D eigenvalue weighted by atomic mass is 10.1. The molecule has 7 heteroatoms. The summed E-state index contributed by atoms with van der Waals surface area (Å²) in [5, 5.41) is 5.80. The molecule has 6 nitrogen and oxygen atoms in total. The van der Waals surface area contributed by atoms with Crippen molar-refractivity contribution >= 4 is 35.1 Å². The second kappa shape index (κ2) is 7.58. The van der Waals surface area contributed by atoms with Gasteiger partial charge in [-0.3, -0.25) is 14.5 Å². The first-order valence-electron chi connectivity index (χ1n) is 8.16. The molecule has 2 aromatic carbocycles. The van der Waals surface area contributed by atoms with Crippen molar-refractivity contribution in [1.82, 2.24) is 10.2 Å². The van der Waals surface area contributed by atoms with Crippen LogP contribution in [0.3, 0.4) is 0 Å². The molecular formula is C19H18ClN3O3. The Bertz CT molecular complexity index is 854. The number of anilines is 1. The molecule has 0 unspecified atom stereocenters. The molecule has 1 atom stereocenters. The quantitative estimate of drug-likeness (QED) is 0.793. The average Bonchev–Trinajstić information content (AvgIpc) is 2.86. The van der Waals surface area contributed by atoms with Crippen molar-refractivity contribution in [2.24, 2.45) is 0 Å². The maximum absolute atomic E-state index is 12.4. The van der Waals surface area contributed by atoms with E-state index < -0.39 is 23.9 Å². The van der Waals surface area contributed by atoms with Crippen LogP contribution in [0.2, 0.25) is 5.02 Å². The number of imide groups is 1. The van der Waals surface area contributed by atoms with Crippen molar-refractivity contribution in [2.75, 3.05) is 11.9 Å². The SMILES string of the molecule is Cc1ccc(NC(=O)CN2C(=O)N[C@H](Cc3ccccc3)C2=O)cc1Cl. The van der Waals surface area contributed by atoms with Crippen LogP contribution in [0.15, 0.2) is 48.5 Å². The number of halogens is 1. The van der Waals surface area contributed by atoms with Crippen molar-refractivity contribution in [2.45, 2.75) is 19.4 Å². The Morgan fingerprint density at radius 2 is 1.92 bits per heavy atom. The molecule has 26 heavy (non-hydrogen) atoms. The minimum atomic E-state index is -0.661. The second-order valence-corrected chi connectivity index (χ2v) is 6.54. The summed E-state index contributed by atoms with van der Waals surface area (Å²) >= 11 is 6.03. The topological polar surface area (TPSA) is 78.5 Å². The van der Waals surface area contributed by atoms with Crippen LogP contribution in [0.1, 0.15) is 11.1 Å². The van der Waals surface area contributed by atoms with E-state index in [-0.39, 0.29) is 6.54 Å². The van der Waals surface area contributed by atoms with Gasteiger partial charge in [0.1, 0.15) is 12.6 Å². The van der Waals surface area contributed by atoms with Crippen molar-refractivity contribution < 1.29 is 14.4 Å². The molecule has 134 valence electrons. The third kappa shape index (κ3) is 4.03. The summed E-state index contributed by atoms with van der Waals surface area (Å²) in [6.45, 7) is 1.51. The zero-order valence-electron chi connectivity index (χ0n) is 14.2. The molecule has 1 aliphatic rings. The van der Waals surface area contributed by atoms with Gasteiger partial charge in [0, 0.05) is 17.1 Å². The van der Waals surface area contributed by atoms with E-state index in [1.807, 2.05) is 37.3 Å². The number of benzene rings is 2. The van der Waals surface area contributed by atoms with E-state index in [2.05, 4.69) is 10.6 Å². The second-order valence-electron chi connectivity index (χ2n) is 6.13. The lowest BCUT2D eigenvalue weighted by Gasteiger charge is -2.13. The highest BCUT2D eigenvalue weighted by Gasteiger charge is 2.38. The van der Waals surface area contributed by atoms with Crippen molar-refractivity contribution in [3.63, 3.8) is 0 Å². The number of carbonyl (C=O) groups excluding carboxylic acids is 3. The van der Waals surface area contributed by atoms with Crippen LogP contribution in [0, 0.1) is 6.92 Å². The zero-order chi connectivity index (χ0) is 18.7. The summed E-state index contributed by atoms with van der Waals surface area (Å²) in [7, 11) is 0. The number of aryl methyl sites for hydroxylation is 1. The highest BCUT2D eigenvalue weighted by Crippen LogP contribution is 2.20. The van der Waals surface area contributed by atoms with Gasteiger partial charge in [0.25, 0.3) is 5.91 Å². The van der Waals surface area contributed by atoms with Crippen LogP contribution < -0.4 is 10.6 Å². The van der Waals surface area contributed by atoms with E-state index in [1.54, 1.807) is 18.2 Å². The summed E-state index contributed by atoms with van der Waals surface area (Å²) in [5.41, 5.74) is 2.34. The Morgan fingerprint density at radius 1 is 1.19 bits per heavy atom. The predicted octanol–water partition coefficient (Wildman–Crippen LogP) is 2.75. The van der Waals surface area contributed by atoms with Crippen molar-refractivity contribution in [3.8, 4) is 0 Å². The molecule has 0 bridgehead atoms. The van der Waals surface area contributed by atoms with E-state index in [0.29, 0.717) is 17.1 Å². The fraction of sp³-hybridized carbons (Fsp3) is 0.211. The van der Waals surface area contributed by atoms with Gasteiger partial charge in [0.15, 0.2) is 0 Å². The van der Waals surface area contributed by atoms with Gasteiger partial charge in [-0.05, 0) is 30.2 Å². The molecular weight excluding hydrogens is 354 g/mol. The van der Waals surface area contributed by atoms with Gasteiger partial charge in [-0.1, -0.05) is 48.0 Å². The van der Waals surface area contributed by atoms with Crippen LogP contribution in [-0.2, 0) is 16.0 Å². The summed E-state index contributed by atoms with van der Waals surface area (Å²) in [6.07, 6.45) is 0.386. The molecule has 2 N–H and O–H groups in total. The van der Waals surface area contributed by atoms with Crippen molar-refractivity contribution in [3.05, 3.63) is 64.7 Å². The Labute approximate surface area is 156 Å². The molecule has 0 aromatic heterocycles. The van der Waals surface area contributed by atoms with Gasteiger partial charge in [-0.15, -0.1) is 0 Å². The van der Waals surface area contributed by atoms with Crippen molar-refractivity contribution in [1.29, 1.82) is 0 Å². The van der Waals surface area contributed by atoms with Gasteiger partial charge in [0.2, 0.25) is 5.91 Å². The Hall–Kier alpha value is -2.86. The van der Waals surface area contributed by atoms with Crippen LogP contribution in [-0.4, -0.2) is 35.3 Å². The van der Waals surface area contributed by atoms with E-state index in [0.717, 1.165) is 16.0 Å². The number of nitrogens with one attached hydrogen (secondary N) is 2. The number of hydrogen-bond donors (Lipinski definition) is 2. The van der Waals surface area contributed by atoms with Crippen LogP contribution in [0.4, 0.5) is 10.5 Å². The van der Waals surface area contributed by atoms with Gasteiger partial charge < -0.3 is 10.6 Å². The number of carbonyl (C=O) groups is 3. The van der Waals surface area contributed by atoms with Gasteiger partial charge in [-0.2, -0.15) is 0 Å². The third-order valence-corrected chi connectivity index (χ3v) is 4.55. The molecule has 2 aromatic rings. The molecule has 0 saturated carbocycles. The maximum atomic E-state index is 12.4. The predicted molar refractivity (Wildman–Crippen MR) is 99.0 cm³/mol. The Morgan fingerprint density at radius 3 is 2.62 bits per heavy atom. The van der Waals surface area contributed by atoms with Gasteiger partial charge in [-0.25, -0.2) is 4.79 Å². The van der Waals surface area contributed by atoms with Gasteiger partial charge >= 0.3 is 6.03 Å². The standard InChI is InChI=1S/C19H18ClN3O3/c1-12-7-8-14(10-15(12)20)21-17(24)11-23-18(25)16(22-19(23)26)9-13-5-3-2-4-6-13/h2-8,10,16H,9,11H2,1H3,(H,21,24)(H,22,26)/t16-/m1/s1. The molecule has 3 rings (SSSR count). The monoisotopic (exact) mass is 371 g/mol. The third-order valence-electron chi connectivity index (χ3n) is 4.15. The van der Waals surface area contributed by atoms with E-state index in [1.165, 1.54) is 0 Å². The fourth-order valence-electron chi connectivity index (χ4n) is 2.73. The maximum Gasteiger partial charge on any atom is 0.325 e. The first kappa shape index (κ1) is 17.9. The lowest BCUT2D eigenvalue weighted by molar-refractivity contribution is -0.130. The minimum absolute atomic E-state index is 0.346. The summed E-state index contributed by atoms with van der Waals surface area (Å²) < 4.78 is 0. The van der Waals surface area contributed by atoms with Crippen LogP contribution >= 0.6 is 11.6 Å². The summed E-state index contributed by atoms with van der Waals surface area (Å²) in [5.74, 6) is -0.871. The molecule has 0 aliphatic carbocycles. The van der Waals surface area contributed by atoms with E-state index >= 15 is 0 Å². The van der Waals surface area contributed by atoms with E-state index in [9.17, 15) is 14.4 Å². The summed E-state index contributed by atoms with van der Waals surface area (Å²) in [6, 6.07) is 13.3.